The second-order valence-corrected chi connectivity index (χ2v) is 19.6. The van der Waals surface area contributed by atoms with Crippen LogP contribution in [0.2, 0.25) is 0 Å². The van der Waals surface area contributed by atoms with E-state index in [0.717, 1.165) is 12.0 Å². The monoisotopic (exact) mass is 914 g/mol. The highest BCUT2D eigenvalue weighted by atomic mass is 16.6. The number of aliphatic hydroxyl groups is 3. The minimum atomic E-state index is -2.85. The van der Waals surface area contributed by atoms with Crippen molar-refractivity contribution in [1.82, 2.24) is 4.90 Å². The summed E-state index contributed by atoms with van der Waals surface area (Å²) < 4.78 is 29.5. The van der Waals surface area contributed by atoms with E-state index in [1.807, 2.05) is 58.1 Å². The van der Waals surface area contributed by atoms with Gasteiger partial charge in [-0.15, -0.1) is 0 Å². The molecule has 3 aliphatic heterocycles. The Morgan fingerprint density at radius 1 is 0.831 bits per heavy atom. The molecule has 0 aromatic rings. The van der Waals surface area contributed by atoms with Gasteiger partial charge in [-0.25, -0.2) is 4.79 Å². The number of fused-ring (bicyclic) bond motifs is 3. The van der Waals surface area contributed by atoms with Crippen LogP contribution in [-0.2, 0) is 47.7 Å². The fraction of sp³-hybridized carbons (Fsp3) is 0.745. The van der Waals surface area contributed by atoms with Crippen LogP contribution in [0.1, 0.15) is 126 Å². The van der Waals surface area contributed by atoms with E-state index in [0.29, 0.717) is 56.9 Å². The fourth-order valence-electron chi connectivity index (χ4n) is 10.1. The average Bonchev–Trinajstić information content (AvgIpc) is 3.39. The van der Waals surface area contributed by atoms with Crippen molar-refractivity contribution in [3.05, 3.63) is 47.6 Å². The van der Waals surface area contributed by atoms with Crippen molar-refractivity contribution in [2.75, 3.05) is 27.9 Å². The number of amides is 1. The van der Waals surface area contributed by atoms with Crippen LogP contribution < -0.4 is 0 Å². The average molecular weight is 914 g/mol. The van der Waals surface area contributed by atoms with Crippen LogP contribution in [0, 0.1) is 35.5 Å². The first kappa shape index (κ1) is 54.2. The largest absolute Gasteiger partial charge is 0.460 e. The maximum absolute atomic E-state index is 14.6. The second kappa shape index (κ2) is 25.1. The molecule has 4 aliphatic rings. The van der Waals surface area contributed by atoms with E-state index in [9.17, 15) is 39.3 Å². The molecule has 2 bridgehead atoms. The molecule has 366 valence electrons. The van der Waals surface area contributed by atoms with Crippen LogP contribution in [0.15, 0.2) is 47.6 Å². The van der Waals surface area contributed by atoms with Gasteiger partial charge in [0, 0.05) is 58.5 Å². The Balaban J connectivity index is 1.74. The first-order valence-corrected chi connectivity index (χ1v) is 23.9. The van der Waals surface area contributed by atoms with Gasteiger partial charge in [-0.2, -0.15) is 0 Å². The maximum atomic E-state index is 14.6. The number of hydrogen-bond acceptors (Lipinski definition) is 13. The number of methoxy groups -OCH3 is 3. The quantitative estimate of drug-likeness (QED) is 0.156. The topological polar surface area (TPSA) is 195 Å². The molecule has 14 nitrogen and oxygen atoms in total. The van der Waals surface area contributed by atoms with Gasteiger partial charge in [0.05, 0.1) is 24.4 Å². The number of aliphatic hydroxyl groups excluding tert-OH is 2. The van der Waals surface area contributed by atoms with Gasteiger partial charge in [0.1, 0.15) is 30.1 Å². The Morgan fingerprint density at radius 3 is 2.23 bits per heavy atom. The van der Waals surface area contributed by atoms with Crippen molar-refractivity contribution in [3.8, 4) is 0 Å². The molecule has 6 unspecified atom stereocenters. The molecule has 1 amide bonds. The Kier molecular flexibility index (Phi) is 21.0. The molecule has 3 N–H and O–H groups in total. The maximum Gasteiger partial charge on any atom is 0.329 e. The lowest BCUT2D eigenvalue weighted by Crippen LogP contribution is -2.62. The number of carbonyl (C=O) groups excluding carboxylic acids is 5. The van der Waals surface area contributed by atoms with E-state index in [1.165, 1.54) is 12.0 Å². The lowest BCUT2D eigenvalue weighted by Gasteiger charge is -2.40. The molecule has 3 fully saturated rings. The van der Waals surface area contributed by atoms with E-state index in [4.69, 9.17) is 23.7 Å². The molecule has 0 radical (unpaired) electrons. The third-order valence-electron chi connectivity index (χ3n) is 14.4. The molecular weight excluding hydrogens is 835 g/mol. The zero-order valence-electron chi connectivity index (χ0n) is 40.6. The van der Waals surface area contributed by atoms with Crippen LogP contribution in [0.4, 0.5) is 0 Å². The summed E-state index contributed by atoms with van der Waals surface area (Å²) in [6, 6.07) is -1.16. The molecule has 3 heterocycles. The molecule has 1 aliphatic carbocycles. The van der Waals surface area contributed by atoms with Gasteiger partial charge >= 0.3 is 11.8 Å². The van der Waals surface area contributed by atoms with E-state index < -0.39 is 83.9 Å². The zero-order chi connectivity index (χ0) is 48.2. The predicted molar refractivity (Wildman–Crippen MR) is 245 cm³/mol. The SMILES string of the molecule is CO[C@H]1C[C@@H]2CCC(C)C(=O)C(O)(O2)C(=O)N2CCCCC2C(=O)O[C@H]([C@H](C)C[C@@H]2CCC(O)[C@H](OC)C2)CC(=O)[C@H](C)/C=C(\C)C(O)[C@@H](OC)C(=O)C(C)C[C@H](C)/C=C/C=C/C=C1C. The van der Waals surface area contributed by atoms with Gasteiger partial charge in [-0.05, 0) is 107 Å². The first-order valence-electron chi connectivity index (χ1n) is 23.9. The molecule has 0 aromatic carbocycles. The summed E-state index contributed by atoms with van der Waals surface area (Å²) in [5.74, 6) is -8.01. The standard InChI is InChI=1S/C51H79NO13/c1-30-16-12-11-13-17-31(2)42(61-8)28-38-21-19-32(3)48(57)51(60,65-38)50(59)52-23-15-14-18-39(52)49(58)64-43(34(5)26-37-20-22-40(53)44(27-37)62-9)29-41(54)33(4)25-36(7)46(56)47(63-10)45(55)35(6)24-30/h11-13,16-17,25,30,32-35,37-40,42-44,46-47,53,56,60H,14-15,18-24,26-29H2,1-10H3/b13-11+,16-12+,31-17?,36-25+/t30-,32?,33-,34-,35?,37+,38+,39?,40?,42+,43+,44-,46?,47+,51?/m1/s1. The van der Waals surface area contributed by atoms with E-state index in [-0.39, 0.29) is 61.2 Å². The van der Waals surface area contributed by atoms with Crippen molar-refractivity contribution in [2.45, 2.75) is 180 Å². The van der Waals surface area contributed by atoms with Gasteiger partial charge in [-0.1, -0.05) is 71.1 Å². The molecule has 2 saturated heterocycles. The van der Waals surface area contributed by atoms with Crippen molar-refractivity contribution in [1.29, 1.82) is 0 Å². The normalized spacial score (nSPS) is 39.6. The molecule has 0 aromatic heterocycles. The minimum Gasteiger partial charge on any atom is -0.460 e. The summed E-state index contributed by atoms with van der Waals surface area (Å²) in [6.07, 6.45) is 10.7. The van der Waals surface area contributed by atoms with Crippen molar-refractivity contribution in [3.63, 3.8) is 0 Å². The van der Waals surface area contributed by atoms with Crippen LogP contribution in [0.5, 0.6) is 0 Å². The van der Waals surface area contributed by atoms with E-state index >= 15 is 0 Å². The molecule has 14 heteroatoms. The van der Waals surface area contributed by atoms with Crippen molar-refractivity contribution in [2.24, 2.45) is 35.5 Å². The lowest BCUT2D eigenvalue weighted by molar-refractivity contribution is -0.231. The number of cyclic esters (lactones) is 1. The zero-order valence-corrected chi connectivity index (χ0v) is 40.6. The second-order valence-electron chi connectivity index (χ2n) is 19.6. The highest BCUT2D eigenvalue weighted by molar-refractivity contribution is 6.09. The number of ketones is 3. The van der Waals surface area contributed by atoms with Crippen molar-refractivity contribution < 1.29 is 63.0 Å². The number of rotatable bonds is 6. The smallest absolute Gasteiger partial charge is 0.329 e. The summed E-state index contributed by atoms with van der Waals surface area (Å²) in [7, 11) is 4.51. The molecule has 1 saturated carbocycles. The highest BCUT2D eigenvalue weighted by Gasteiger charge is 2.55. The molecular formula is C51H79NO13. The van der Waals surface area contributed by atoms with Gasteiger partial charge in [0.15, 0.2) is 5.78 Å². The third kappa shape index (κ3) is 14.3. The summed E-state index contributed by atoms with van der Waals surface area (Å²) in [6.45, 7) is 12.7. The Labute approximate surface area is 387 Å². The number of hydrogen-bond donors (Lipinski definition) is 3. The van der Waals surface area contributed by atoms with Crippen molar-refractivity contribution >= 4 is 29.2 Å². The lowest BCUT2D eigenvalue weighted by atomic mass is 9.78. The highest BCUT2D eigenvalue weighted by Crippen LogP contribution is 2.36. The van der Waals surface area contributed by atoms with Gasteiger partial charge in [-0.3, -0.25) is 19.2 Å². The third-order valence-corrected chi connectivity index (χ3v) is 14.4. The van der Waals surface area contributed by atoms with E-state index in [1.54, 1.807) is 41.1 Å². The Hall–Kier alpha value is -3.37. The Bertz CT molecular complexity index is 1760. The van der Waals surface area contributed by atoms with E-state index in [2.05, 4.69) is 0 Å². The molecule has 4 rings (SSSR count). The summed E-state index contributed by atoms with van der Waals surface area (Å²) in [5.41, 5.74) is 1.24. The number of carbonyl (C=O) groups is 5. The Morgan fingerprint density at radius 2 is 1.55 bits per heavy atom. The summed E-state index contributed by atoms with van der Waals surface area (Å²) >= 11 is 0. The number of nitrogens with zero attached hydrogens (tertiary/aromatic N) is 1. The number of esters is 1. The fourth-order valence-corrected chi connectivity index (χ4v) is 10.1. The van der Waals surface area contributed by atoms with Crippen LogP contribution in [0.3, 0.4) is 0 Å². The van der Waals surface area contributed by atoms with Gasteiger partial charge < -0.3 is 43.9 Å². The van der Waals surface area contributed by atoms with Crippen LogP contribution in [0.25, 0.3) is 0 Å². The number of piperidine rings is 1. The predicted octanol–water partition coefficient (Wildman–Crippen LogP) is 6.18. The minimum absolute atomic E-state index is 0.0147. The molecule has 15 atom stereocenters. The number of ether oxygens (including phenoxy) is 5. The molecule has 65 heavy (non-hydrogen) atoms. The van der Waals surface area contributed by atoms with Crippen LogP contribution >= 0.6 is 0 Å². The summed E-state index contributed by atoms with van der Waals surface area (Å²) in [4.78, 5) is 72.1. The summed E-state index contributed by atoms with van der Waals surface area (Å²) in [5, 5.41) is 34.1. The first-order chi connectivity index (χ1) is 30.7. The van der Waals surface area contributed by atoms with Gasteiger partial charge in [0.2, 0.25) is 5.78 Å². The molecule has 0 spiro atoms. The van der Waals surface area contributed by atoms with Crippen LogP contribution in [-0.4, -0.2) is 132 Å². The van der Waals surface area contributed by atoms with Gasteiger partial charge in [0.25, 0.3) is 5.91 Å². The number of Topliss-reactive ketones (excluding diaryl/α,β-unsaturated/α-hetero) is 3. The number of allylic oxidation sites excluding steroid dienone is 6.